The van der Waals surface area contributed by atoms with Gasteiger partial charge in [0.05, 0.1) is 0 Å². The van der Waals surface area contributed by atoms with Gasteiger partial charge in [-0.25, -0.2) is 8.78 Å². The highest BCUT2D eigenvalue weighted by atomic mass is 35.5. The average molecular weight is 303 g/mol. The Balaban J connectivity index is 1.79. The van der Waals surface area contributed by atoms with Crippen molar-refractivity contribution in [3.05, 3.63) is 35.4 Å². The molecule has 4 nitrogen and oxygen atoms in total. The summed E-state index contributed by atoms with van der Waals surface area (Å²) in [5, 5.41) is 2.63. The predicted molar refractivity (Wildman–Crippen MR) is 69.5 cm³/mol. The Labute approximate surface area is 119 Å². The van der Waals surface area contributed by atoms with Crippen molar-refractivity contribution in [3.8, 4) is 0 Å². The van der Waals surface area contributed by atoms with Crippen molar-refractivity contribution < 1.29 is 18.4 Å². The highest BCUT2D eigenvalue weighted by Crippen LogP contribution is 2.15. The van der Waals surface area contributed by atoms with E-state index in [2.05, 4.69) is 5.32 Å². The van der Waals surface area contributed by atoms with Gasteiger partial charge in [0.1, 0.15) is 5.88 Å². The Morgan fingerprint density at radius 2 is 2.00 bits per heavy atom. The molecule has 2 amide bonds. The van der Waals surface area contributed by atoms with Crippen molar-refractivity contribution in [2.75, 3.05) is 25.5 Å². The quantitative estimate of drug-likeness (QED) is 0.855. The number of rotatable bonds is 4. The predicted octanol–water partition coefficient (Wildman–Crippen LogP) is 1.39. The molecule has 1 aliphatic rings. The van der Waals surface area contributed by atoms with Gasteiger partial charge in [-0.2, -0.15) is 0 Å². The molecule has 20 heavy (non-hydrogen) atoms. The standard InChI is InChI=1S/C13H13ClF2N2O2/c14-4-12(19)18-6-8(7-18)5-17-13(20)9-1-2-10(15)11(16)3-9/h1-3,8H,4-7H2,(H,17,20). The van der Waals surface area contributed by atoms with Crippen LogP contribution in [0, 0.1) is 17.6 Å². The Hall–Kier alpha value is -1.69. The Morgan fingerprint density at radius 3 is 2.60 bits per heavy atom. The molecule has 0 radical (unpaired) electrons. The molecule has 1 aliphatic heterocycles. The zero-order chi connectivity index (χ0) is 14.7. The molecule has 1 N–H and O–H groups in total. The number of alkyl halides is 1. The number of likely N-dealkylation sites (tertiary alicyclic amines) is 1. The number of carbonyl (C=O) groups excluding carboxylic acids is 2. The number of hydrogen-bond acceptors (Lipinski definition) is 2. The summed E-state index contributed by atoms with van der Waals surface area (Å²) in [6, 6.07) is 2.99. The Bertz CT molecular complexity index is 533. The molecule has 1 fully saturated rings. The van der Waals surface area contributed by atoms with Crippen molar-refractivity contribution >= 4 is 23.4 Å². The van der Waals surface area contributed by atoms with Gasteiger partial charge < -0.3 is 10.2 Å². The Kier molecular flexibility index (Phi) is 4.54. The molecule has 1 saturated heterocycles. The fraction of sp³-hybridized carbons (Fsp3) is 0.385. The molecule has 0 saturated carbocycles. The normalized spacial score (nSPS) is 14.8. The van der Waals surface area contributed by atoms with Gasteiger partial charge in [0.15, 0.2) is 11.6 Å². The fourth-order valence-corrected chi connectivity index (χ4v) is 2.13. The molecule has 1 aromatic carbocycles. The van der Waals surface area contributed by atoms with Crippen molar-refractivity contribution in [2.45, 2.75) is 0 Å². The van der Waals surface area contributed by atoms with E-state index in [1.54, 1.807) is 4.90 Å². The van der Waals surface area contributed by atoms with Gasteiger partial charge in [-0.05, 0) is 18.2 Å². The summed E-state index contributed by atoms with van der Waals surface area (Å²) < 4.78 is 25.7. The zero-order valence-corrected chi connectivity index (χ0v) is 11.3. The first-order chi connectivity index (χ1) is 9.51. The summed E-state index contributed by atoms with van der Waals surface area (Å²) in [5.41, 5.74) is 0.0666. The SMILES string of the molecule is O=C(NCC1CN(C(=O)CCl)C1)c1ccc(F)c(F)c1. The highest BCUT2D eigenvalue weighted by Gasteiger charge is 2.30. The van der Waals surface area contributed by atoms with Crippen LogP contribution in [0.2, 0.25) is 0 Å². The maximum absolute atomic E-state index is 13.0. The number of halogens is 3. The lowest BCUT2D eigenvalue weighted by Gasteiger charge is -2.39. The van der Waals surface area contributed by atoms with Gasteiger partial charge in [-0.1, -0.05) is 0 Å². The van der Waals surface area contributed by atoms with Crippen LogP contribution in [-0.4, -0.2) is 42.2 Å². The maximum atomic E-state index is 13.0. The minimum Gasteiger partial charge on any atom is -0.352 e. The molecule has 0 aromatic heterocycles. The molecule has 0 atom stereocenters. The van der Waals surface area contributed by atoms with Crippen LogP contribution in [0.25, 0.3) is 0 Å². The van der Waals surface area contributed by atoms with Crippen LogP contribution in [0.4, 0.5) is 8.78 Å². The lowest BCUT2D eigenvalue weighted by molar-refractivity contribution is -0.134. The fourth-order valence-electron chi connectivity index (χ4n) is 1.96. The van der Waals surface area contributed by atoms with Gasteiger partial charge in [-0.15, -0.1) is 11.6 Å². The summed E-state index contributed by atoms with van der Waals surface area (Å²) in [7, 11) is 0. The molecular formula is C13H13ClF2N2O2. The number of nitrogens with one attached hydrogen (secondary N) is 1. The van der Waals surface area contributed by atoms with Crippen LogP contribution in [0.15, 0.2) is 18.2 Å². The van der Waals surface area contributed by atoms with E-state index in [0.717, 1.165) is 12.1 Å². The minimum absolute atomic E-state index is 0.0477. The van der Waals surface area contributed by atoms with Crippen LogP contribution in [0.5, 0.6) is 0 Å². The van der Waals surface area contributed by atoms with E-state index in [1.807, 2.05) is 0 Å². The molecule has 1 aromatic rings. The van der Waals surface area contributed by atoms with Gasteiger partial charge in [0, 0.05) is 31.1 Å². The van der Waals surface area contributed by atoms with Crippen molar-refractivity contribution in [1.29, 1.82) is 0 Å². The third-order valence-electron chi connectivity index (χ3n) is 3.16. The molecule has 2 rings (SSSR count). The molecule has 0 spiro atoms. The van der Waals surface area contributed by atoms with E-state index in [9.17, 15) is 18.4 Å². The van der Waals surface area contributed by atoms with E-state index in [4.69, 9.17) is 11.6 Å². The van der Waals surface area contributed by atoms with Crippen molar-refractivity contribution in [2.24, 2.45) is 5.92 Å². The monoisotopic (exact) mass is 302 g/mol. The largest absolute Gasteiger partial charge is 0.352 e. The second-order valence-electron chi connectivity index (χ2n) is 4.64. The lowest BCUT2D eigenvalue weighted by atomic mass is 10.00. The Morgan fingerprint density at radius 1 is 1.30 bits per heavy atom. The number of carbonyl (C=O) groups is 2. The van der Waals surface area contributed by atoms with Crippen LogP contribution in [0.1, 0.15) is 10.4 Å². The molecule has 1 heterocycles. The van der Waals surface area contributed by atoms with Crippen molar-refractivity contribution in [1.82, 2.24) is 10.2 Å². The molecule has 0 bridgehead atoms. The first-order valence-electron chi connectivity index (χ1n) is 6.08. The smallest absolute Gasteiger partial charge is 0.251 e. The first-order valence-corrected chi connectivity index (χ1v) is 6.61. The van der Waals surface area contributed by atoms with E-state index < -0.39 is 17.5 Å². The number of nitrogens with zero attached hydrogens (tertiary/aromatic N) is 1. The van der Waals surface area contributed by atoms with Gasteiger partial charge >= 0.3 is 0 Å². The van der Waals surface area contributed by atoms with Gasteiger partial charge in [-0.3, -0.25) is 9.59 Å². The van der Waals surface area contributed by atoms with E-state index in [-0.39, 0.29) is 23.3 Å². The molecule has 0 aliphatic carbocycles. The maximum Gasteiger partial charge on any atom is 0.251 e. The van der Waals surface area contributed by atoms with Crippen LogP contribution >= 0.6 is 11.6 Å². The second-order valence-corrected chi connectivity index (χ2v) is 4.90. The topological polar surface area (TPSA) is 49.4 Å². The number of amides is 2. The summed E-state index contributed by atoms with van der Waals surface area (Å²) >= 11 is 5.42. The van der Waals surface area contributed by atoms with E-state index in [1.165, 1.54) is 6.07 Å². The summed E-state index contributed by atoms with van der Waals surface area (Å²) in [6.45, 7) is 1.47. The molecular weight excluding hydrogens is 290 g/mol. The summed E-state index contributed by atoms with van der Waals surface area (Å²) in [5.74, 6) is -2.53. The first kappa shape index (κ1) is 14.7. The molecule has 0 unspecified atom stereocenters. The van der Waals surface area contributed by atoms with Crippen molar-refractivity contribution in [3.63, 3.8) is 0 Å². The zero-order valence-electron chi connectivity index (χ0n) is 10.5. The lowest BCUT2D eigenvalue weighted by Crippen LogP contribution is -2.54. The number of hydrogen-bond donors (Lipinski definition) is 1. The van der Waals surface area contributed by atoms with Gasteiger partial charge in [0.25, 0.3) is 5.91 Å². The van der Waals surface area contributed by atoms with Crippen LogP contribution in [0.3, 0.4) is 0 Å². The second kappa shape index (κ2) is 6.17. The summed E-state index contributed by atoms with van der Waals surface area (Å²) in [6.07, 6.45) is 0. The van der Waals surface area contributed by atoms with Gasteiger partial charge in [0.2, 0.25) is 5.91 Å². The minimum atomic E-state index is -1.06. The average Bonchev–Trinajstić information content (AvgIpc) is 2.39. The van der Waals surface area contributed by atoms with E-state index >= 15 is 0 Å². The van der Waals surface area contributed by atoms with E-state index in [0.29, 0.717) is 19.6 Å². The molecule has 7 heteroatoms. The number of benzene rings is 1. The highest BCUT2D eigenvalue weighted by molar-refractivity contribution is 6.27. The molecule has 108 valence electrons. The third kappa shape index (κ3) is 3.25. The van der Waals surface area contributed by atoms with Crippen LogP contribution in [-0.2, 0) is 4.79 Å². The van der Waals surface area contributed by atoms with Crippen LogP contribution < -0.4 is 5.32 Å². The summed E-state index contributed by atoms with van der Waals surface area (Å²) in [4.78, 5) is 24.5. The third-order valence-corrected chi connectivity index (χ3v) is 3.39.